The van der Waals surface area contributed by atoms with Crippen molar-refractivity contribution in [3.05, 3.63) is 59.7 Å². The zero-order valence-electron chi connectivity index (χ0n) is 16.2. The van der Waals surface area contributed by atoms with Crippen LogP contribution >= 0.6 is 11.8 Å². The Balaban J connectivity index is 1.74. The molecule has 144 valence electrons. The van der Waals surface area contributed by atoms with Crippen molar-refractivity contribution in [1.29, 1.82) is 0 Å². The number of thioether (sulfide) groups is 1. The molecule has 2 N–H and O–H groups in total. The van der Waals surface area contributed by atoms with Crippen LogP contribution in [0.25, 0.3) is 0 Å². The fourth-order valence-electron chi connectivity index (χ4n) is 2.52. The second-order valence-corrected chi connectivity index (χ2v) is 8.10. The Morgan fingerprint density at radius 1 is 1.11 bits per heavy atom. The van der Waals surface area contributed by atoms with Crippen molar-refractivity contribution in [2.45, 2.75) is 50.2 Å². The van der Waals surface area contributed by atoms with Gasteiger partial charge in [0.05, 0.1) is 0 Å². The van der Waals surface area contributed by atoms with E-state index in [1.54, 1.807) is 12.1 Å². The third kappa shape index (κ3) is 7.10. The molecule has 1 unspecified atom stereocenters. The number of hydrogen-bond acceptors (Lipinski definition) is 3. The smallest absolute Gasteiger partial charge is 0.251 e. The van der Waals surface area contributed by atoms with E-state index in [2.05, 4.69) is 36.6 Å². The van der Waals surface area contributed by atoms with Gasteiger partial charge < -0.3 is 10.6 Å². The molecular weight excluding hydrogens is 356 g/mol. The number of anilines is 1. The van der Waals surface area contributed by atoms with Crippen LogP contribution in [0.2, 0.25) is 0 Å². The molecule has 1 atom stereocenters. The number of carbonyl (C=O) groups is 2. The highest BCUT2D eigenvalue weighted by Gasteiger charge is 2.08. The molecule has 0 bridgehead atoms. The molecule has 2 rings (SSSR count). The van der Waals surface area contributed by atoms with Gasteiger partial charge in [-0.2, -0.15) is 0 Å². The molecule has 2 aromatic rings. The van der Waals surface area contributed by atoms with Gasteiger partial charge in [-0.25, -0.2) is 0 Å². The minimum Gasteiger partial charge on any atom is -0.352 e. The molecule has 4 nitrogen and oxygen atoms in total. The van der Waals surface area contributed by atoms with Crippen molar-refractivity contribution in [3.8, 4) is 0 Å². The number of hydrogen-bond donors (Lipinski definition) is 2. The Hall–Kier alpha value is -2.27. The van der Waals surface area contributed by atoms with Crippen molar-refractivity contribution >= 4 is 29.3 Å². The number of rotatable bonds is 9. The second-order valence-electron chi connectivity index (χ2n) is 6.59. The van der Waals surface area contributed by atoms with Gasteiger partial charge in [-0.3, -0.25) is 9.59 Å². The first-order chi connectivity index (χ1) is 13.0. The first-order valence-corrected chi connectivity index (χ1v) is 10.3. The van der Waals surface area contributed by atoms with Crippen molar-refractivity contribution in [2.24, 2.45) is 0 Å². The Morgan fingerprint density at radius 2 is 1.85 bits per heavy atom. The number of aryl methyl sites for hydroxylation is 1. The minimum absolute atomic E-state index is 0.0330. The highest BCUT2D eigenvalue weighted by Crippen LogP contribution is 2.28. The third-order valence-corrected chi connectivity index (χ3v) is 5.55. The van der Waals surface area contributed by atoms with E-state index in [-0.39, 0.29) is 11.8 Å². The molecule has 0 aliphatic rings. The minimum atomic E-state index is -0.110. The van der Waals surface area contributed by atoms with E-state index in [1.165, 1.54) is 4.90 Å². The molecule has 2 amide bonds. The van der Waals surface area contributed by atoms with Gasteiger partial charge in [0.15, 0.2) is 0 Å². The maximum atomic E-state index is 12.2. The largest absolute Gasteiger partial charge is 0.352 e. The average molecular weight is 385 g/mol. The van der Waals surface area contributed by atoms with Crippen LogP contribution < -0.4 is 10.6 Å². The van der Waals surface area contributed by atoms with Crippen LogP contribution in [0.15, 0.2) is 53.4 Å². The molecule has 5 heteroatoms. The van der Waals surface area contributed by atoms with Gasteiger partial charge >= 0.3 is 0 Å². The van der Waals surface area contributed by atoms with Gasteiger partial charge in [-0.1, -0.05) is 32.0 Å². The summed E-state index contributed by atoms with van der Waals surface area (Å²) in [4.78, 5) is 25.3. The predicted molar refractivity (Wildman–Crippen MR) is 113 cm³/mol. The van der Waals surface area contributed by atoms with Gasteiger partial charge in [-0.05, 0) is 55.7 Å². The highest BCUT2D eigenvalue weighted by atomic mass is 32.2. The molecule has 0 aromatic heterocycles. The normalized spacial score (nSPS) is 11.7. The van der Waals surface area contributed by atoms with Crippen molar-refractivity contribution in [3.63, 3.8) is 0 Å². The SMILES string of the molecule is CCC(C)Sc1ccc(NC(=O)CCCNC(=O)c2ccccc2)c(C)c1. The topological polar surface area (TPSA) is 58.2 Å². The summed E-state index contributed by atoms with van der Waals surface area (Å²) in [7, 11) is 0. The Labute approximate surface area is 166 Å². The van der Waals surface area contributed by atoms with Crippen molar-refractivity contribution in [2.75, 3.05) is 11.9 Å². The van der Waals surface area contributed by atoms with E-state index < -0.39 is 0 Å². The van der Waals surface area contributed by atoms with Gasteiger partial charge in [-0.15, -0.1) is 11.8 Å². The molecule has 2 aromatic carbocycles. The quantitative estimate of drug-likeness (QED) is 0.471. The van der Waals surface area contributed by atoms with Crippen LogP contribution in [0.4, 0.5) is 5.69 Å². The first kappa shape index (κ1) is 21.0. The number of carbonyl (C=O) groups excluding carboxylic acids is 2. The maximum absolute atomic E-state index is 12.2. The van der Waals surface area contributed by atoms with E-state index in [1.807, 2.05) is 43.0 Å². The summed E-state index contributed by atoms with van der Waals surface area (Å²) in [6.07, 6.45) is 2.10. The summed E-state index contributed by atoms with van der Waals surface area (Å²) in [5.74, 6) is -0.143. The first-order valence-electron chi connectivity index (χ1n) is 9.40. The van der Waals surface area contributed by atoms with Crippen LogP contribution in [0.3, 0.4) is 0 Å². The fraction of sp³-hybridized carbons (Fsp3) is 0.364. The maximum Gasteiger partial charge on any atom is 0.251 e. The lowest BCUT2D eigenvalue weighted by atomic mass is 10.2. The molecule has 0 spiro atoms. The molecule has 0 radical (unpaired) electrons. The Bertz CT molecular complexity index is 762. The van der Waals surface area contributed by atoms with E-state index in [4.69, 9.17) is 0 Å². The lowest BCUT2D eigenvalue weighted by Gasteiger charge is -2.12. The summed E-state index contributed by atoms with van der Waals surface area (Å²) >= 11 is 1.85. The number of amides is 2. The summed E-state index contributed by atoms with van der Waals surface area (Å²) in [5.41, 5.74) is 2.55. The lowest BCUT2D eigenvalue weighted by Crippen LogP contribution is -2.25. The third-order valence-electron chi connectivity index (χ3n) is 4.29. The zero-order valence-corrected chi connectivity index (χ0v) is 17.1. The van der Waals surface area contributed by atoms with Gasteiger partial charge in [0, 0.05) is 34.4 Å². The Morgan fingerprint density at radius 3 is 2.52 bits per heavy atom. The number of benzene rings is 2. The van der Waals surface area contributed by atoms with E-state index in [0.717, 1.165) is 17.7 Å². The van der Waals surface area contributed by atoms with Gasteiger partial charge in [0.1, 0.15) is 0 Å². The van der Waals surface area contributed by atoms with Crippen LogP contribution in [0.5, 0.6) is 0 Å². The molecule has 0 fully saturated rings. The van der Waals surface area contributed by atoms with Gasteiger partial charge in [0.25, 0.3) is 5.91 Å². The monoisotopic (exact) mass is 384 g/mol. The molecule has 0 saturated heterocycles. The van der Waals surface area contributed by atoms with Crippen molar-refractivity contribution < 1.29 is 9.59 Å². The predicted octanol–water partition coefficient (Wildman–Crippen LogP) is 5.03. The van der Waals surface area contributed by atoms with Gasteiger partial charge in [0.2, 0.25) is 5.91 Å². The van der Waals surface area contributed by atoms with Crippen LogP contribution in [-0.2, 0) is 4.79 Å². The Kier molecular flexibility index (Phi) is 8.40. The van der Waals surface area contributed by atoms with Crippen LogP contribution in [0.1, 0.15) is 49.0 Å². The summed E-state index contributed by atoms with van der Waals surface area (Å²) < 4.78 is 0. The van der Waals surface area contributed by atoms with E-state index in [0.29, 0.717) is 30.2 Å². The zero-order chi connectivity index (χ0) is 19.6. The van der Waals surface area contributed by atoms with Crippen molar-refractivity contribution in [1.82, 2.24) is 5.32 Å². The molecule has 0 saturated carbocycles. The van der Waals surface area contributed by atoms with Crippen LogP contribution in [0, 0.1) is 6.92 Å². The molecule has 27 heavy (non-hydrogen) atoms. The second kappa shape index (κ2) is 10.8. The lowest BCUT2D eigenvalue weighted by molar-refractivity contribution is -0.116. The summed E-state index contributed by atoms with van der Waals surface area (Å²) in [5, 5.41) is 6.38. The summed E-state index contributed by atoms with van der Waals surface area (Å²) in [6.45, 7) is 6.88. The van der Waals surface area contributed by atoms with E-state index >= 15 is 0 Å². The molecular formula is C22H28N2O2S. The standard InChI is InChI=1S/C22H28N2O2S/c1-4-17(3)27-19-12-13-20(16(2)15-19)24-21(25)11-8-14-23-22(26)18-9-6-5-7-10-18/h5-7,9-10,12-13,15,17H,4,8,11,14H2,1-3H3,(H,23,26)(H,24,25). The average Bonchev–Trinajstić information content (AvgIpc) is 2.67. The number of nitrogens with one attached hydrogen (secondary N) is 2. The fourth-order valence-corrected chi connectivity index (χ4v) is 3.54. The molecule has 0 aliphatic heterocycles. The molecule has 0 aliphatic carbocycles. The molecule has 0 heterocycles. The highest BCUT2D eigenvalue weighted by molar-refractivity contribution is 7.99. The summed E-state index contributed by atoms with van der Waals surface area (Å²) in [6, 6.07) is 15.2. The van der Waals surface area contributed by atoms with E-state index in [9.17, 15) is 9.59 Å². The van der Waals surface area contributed by atoms with Crippen LogP contribution in [-0.4, -0.2) is 23.6 Å².